The molecule has 1 N–H and O–H groups in total. The molecule has 0 amide bonds. The number of pyridine rings is 1. The second-order valence-corrected chi connectivity index (χ2v) is 6.36. The van der Waals surface area contributed by atoms with Crippen LogP contribution in [0.5, 0.6) is 5.75 Å². The lowest BCUT2D eigenvalue weighted by Crippen LogP contribution is -2.16. The second kappa shape index (κ2) is 8.74. The smallest absolute Gasteiger partial charge is 0.138 e. The van der Waals surface area contributed by atoms with Crippen molar-refractivity contribution in [2.75, 3.05) is 0 Å². The van der Waals surface area contributed by atoms with E-state index in [0.717, 1.165) is 34.2 Å². The molecule has 0 saturated carbocycles. The van der Waals surface area contributed by atoms with Crippen LogP contribution in [0, 0.1) is 13.8 Å². The molecule has 6 heteroatoms. The average molecular weight is 369 g/mol. The van der Waals surface area contributed by atoms with Gasteiger partial charge in [0.25, 0.3) is 0 Å². The van der Waals surface area contributed by atoms with Gasteiger partial charge in [-0.05, 0) is 31.5 Å². The van der Waals surface area contributed by atoms with Gasteiger partial charge in [-0.15, -0.1) is 0 Å². The molecule has 5 nitrogen and oxygen atoms in total. The monoisotopic (exact) mass is 368 g/mol. The zero-order chi connectivity index (χ0) is 18.4. The van der Waals surface area contributed by atoms with Gasteiger partial charge in [-0.25, -0.2) is 9.97 Å². The zero-order valence-corrected chi connectivity index (χ0v) is 15.6. The van der Waals surface area contributed by atoms with Gasteiger partial charge in [0, 0.05) is 13.1 Å². The van der Waals surface area contributed by atoms with E-state index in [9.17, 15) is 0 Å². The molecule has 0 radical (unpaired) electrons. The van der Waals surface area contributed by atoms with Gasteiger partial charge in [0.2, 0.25) is 0 Å². The Morgan fingerprint density at radius 1 is 1.00 bits per heavy atom. The number of nitrogens with zero attached hydrogens (tertiary/aromatic N) is 3. The SMILES string of the molecule is Cc1nc(C)c(Cl)c(CNCc2ccc(OCc3ccccc3)cn2)n1. The number of rotatable bonds is 7. The van der Waals surface area contributed by atoms with Crippen molar-refractivity contribution in [1.82, 2.24) is 20.3 Å². The average Bonchev–Trinajstić information content (AvgIpc) is 2.66. The van der Waals surface area contributed by atoms with Crippen LogP contribution in [0.2, 0.25) is 5.02 Å². The van der Waals surface area contributed by atoms with Crippen molar-refractivity contribution in [1.29, 1.82) is 0 Å². The van der Waals surface area contributed by atoms with Crippen LogP contribution in [0.1, 0.15) is 28.5 Å². The molecule has 1 aromatic carbocycles. The second-order valence-electron chi connectivity index (χ2n) is 5.98. The number of hydrogen-bond acceptors (Lipinski definition) is 5. The Labute approximate surface area is 158 Å². The van der Waals surface area contributed by atoms with E-state index in [-0.39, 0.29) is 0 Å². The summed E-state index contributed by atoms with van der Waals surface area (Å²) in [4.78, 5) is 13.1. The van der Waals surface area contributed by atoms with E-state index in [1.807, 2.05) is 56.3 Å². The quantitative estimate of drug-likeness (QED) is 0.682. The Bertz CT molecular complexity index is 854. The highest BCUT2D eigenvalue weighted by Crippen LogP contribution is 2.17. The summed E-state index contributed by atoms with van der Waals surface area (Å²) < 4.78 is 5.75. The van der Waals surface area contributed by atoms with Crippen LogP contribution in [0.4, 0.5) is 0 Å². The van der Waals surface area contributed by atoms with E-state index < -0.39 is 0 Å². The summed E-state index contributed by atoms with van der Waals surface area (Å²) in [6.45, 7) is 5.47. The van der Waals surface area contributed by atoms with Gasteiger partial charge in [-0.1, -0.05) is 41.9 Å². The molecule has 134 valence electrons. The number of ether oxygens (including phenoxy) is 1. The predicted molar refractivity (Wildman–Crippen MR) is 102 cm³/mol. The first kappa shape index (κ1) is 18.3. The minimum atomic E-state index is 0.533. The van der Waals surface area contributed by atoms with Gasteiger partial charge >= 0.3 is 0 Å². The molecule has 0 saturated heterocycles. The van der Waals surface area contributed by atoms with E-state index in [1.54, 1.807) is 6.20 Å². The molecule has 0 bridgehead atoms. The minimum absolute atomic E-state index is 0.533. The van der Waals surface area contributed by atoms with E-state index in [1.165, 1.54) is 0 Å². The summed E-state index contributed by atoms with van der Waals surface area (Å²) in [6.07, 6.45) is 1.74. The standard InChI is InChI=1S/C20H21ClN4O/c1-14-20(21)19(25-15(2)24-14)12-22-10-17-8-9-18(11-23-17)26-13-16-6-4-3-5-7-16/h3-9,11,22H,10,12-13H2,1-2H3. The molecule has 0 spiro atoms. The third kappa shape index (κ3) is 5.00. The Morgan fingerprint density at radius 3 is 2.54 bits per heavy atom. The van der Waals surface area contributed by atoms with Crippen LogP contribution in [0.15, 0.2) is 48.7 Å². The third-order valence-corrected chi connectivity index (χ3v) is 4.33. The molecule has 0 unspecified atom stereocenters. The molecule has 0 aliphatic carbocycles. The van der Waals surface area contributed by atoms with Crippen molar-refractivity contribution in [2.24, 2.45) is 0 Å². The number of hydrogen-bond donors (Lipinski definition) is 1. The summed E-state index contributed by atoms with van der Waals surface area (Å²) in [5.74, 6) is 1.48. The van der Waals surface area contributed by atoms with Crippen molar-refractivity contribution in [2.45, 2.75) is 33.5 Å². The fraction of sp³-hybridized carbons (Fsp3) is 0.250. The highest BCUT2D eigenvalue weighted by atomic mass is 35.5. The number of nitrogens with one attached hydrogen (secondary N) is 1. The highest BCUT2D eigenvalue weighted by Gasteiger charge is 2.07. The van der Waals surface area contributed by atoms with Crippen LogP contribution in [-0.2, 0) is 19.7 Å². The van der Waals surface area contributed by atoms with Crippen molar-refractivity contribution >= 4 is 11.6 Å². The van der Waals surface area contributed by atoms with E-state index in [2.05, 4.69) is 20.3 Å². The first-order valence-corrected chi connectivity index (χ1v) is 8.81. The van der Waals surface area contributed by atoms with E-state index >= 15 is 0 Å². The summed E-state index contributed by atoms with van der Waals surface area (Å²) >= 11 is 6.26. The van der Waals surface area contributed by atoms with Crippen LogP contribution in [0.25, 0.3) is 0 Å². The lowest BCUT2D eigenvalue weighted by molar-refractivity contribution is 0.305. The summed E-state index contributed by atoms with van der Waals surface area (Å²) in [6, 6.07) is 13.9. The first-order valence-electron chi connectivity index (χ1n) is 8.44. The van der Waals surface area contributed by atoms with Crippen molar-refractivity contribution < 1.29 is 4.74 Å². The fourth-order valence-electron chi connectivity index (χ4n) is 2.54. The van der Waals surface area contributed by atoms with Crippen molar-refractivity contribution in [3.8, 4) is 5.75 Å². The van der Waals surface area contributed by atoms with Gasteiger partial charge in [0.15, 0.2) is 0 Å². The minimum Gasteiger partial charge on any atom is -0.487 e. The normalized spacial score (nSPS) is 10.7. The lowest BCUT2D eigenvalue weighted by Gasteiger charge is -2.09. The van der Waals surface area contributed by atoms with Crippen LogP contribution in [0.3, 0.4) is 0 Å². The maximum absolute atomic E-state index is 6.26. The maximum atomic E-state index is 6.26. The molecular formula is C20H21ClN4O. The molecule has 3 rings (SSSR count). The molecule has 0 atom stereocenters. The first-order chi connectivity index (χ1) is 12.6. The Hall–Kier alpha value is -2.50. The molecular weight excluding hydrogens is 348 g/mol. The van der Waals surface area contributed by atoms with E-state index in [4.69, 9.17) is 16.3 Å². The molecule has 0 aliphatic rings. The predicted octanol–water partition coefficient (Wildman–Crippen LogP) is 4.01. The van der Waals surface area contributed by atoms with Gasteiger partial charge in [0.1, 0.15) is 18.2 Å². The van der Waals surface area contributed by atoms with Crippen LogP contribution in [-0.4, -0.2) is 15.0 Å². The number of benzene rings is 1. The number of halogens is 1. The largest absolute Gasteiger partial charge is 0.487 e. The topological polar surface area (TPSA) is 59.9 Å². The molecule has 2 heterocycles. The molecule has 0 fully saturated rings. The summed E-state index contributed by atoms with van der Waals surface area (Å²) in [7, 11) is 0. The molecule has 2 aromatic heterocycles. The van der Waals surface area contributed by atoms with Gasteiger partial charge in [-0.2, -0.15) is 0 Å². The van der Waals surface area contributed by atoms with E-state index in [0.29, 0.717) is 24.7 Å². The van der Waals surface area contributed by atoms with Crippen LogP contribution >= 0.6 is 11.6 Å². The highest BCUT2D eigenvalue weighted by molar-refractivity contribution is 6.31. The fourth-order valence-corrected chi connectivity index (χ4v) is 2.69. The number of aryl methyl sites for hydroxylation is 2. The Kier molecular flexibility index (Phi) is 6.15. The third-order valence-electron chi connectivity index (χ3n) is 3.84. The Morgan fingerprint density at radius 2 is 1.81 bits per heavy atom. The maximum Gasteiger partial charge on any atom is 0.138 e. The van der Waals surface area contributed by atoms with Crippen molar-refractivity contribution in [3.63, 3.8) is 0 Å². The summed E-state index contributed by atoms with van der Waals surface area (Å²) in [5, 5.41) is 3.92. The number of aromatic nitrogens is 3. The van der Waals surface area contributed by atoms with Crippen LogP contribution < -0.4 is 10.1 Å². The van der Waals surface area contributed by atoms with Gasteiger partial charge < -0.3 is 10.1 Å². The molecule has 3 aromatic rings. The Balaban J connectivity index is 1.50. The van der Waals surface area contributed by atoms with Gasteiger partial charge in [0.05, 0.1) is 28.3 Å². The zero-order valence-electron chi connectivity index (χ0n) is 14.9. The molecule has 26 heavy (non-hydrogen) atoms. The lowest BCUT2D eigenvalue weighted by atomic mass is 10.2. The van der Waals surface area contributed by atoms with Gasteiger partial charge in [-0.3, -0.25) is 4.98 Å². The summed E-state index contributed by atoms with van der Waals surface area (Å²) in [5.41, 5.74) is 3.66. The van der Waals surface area contributed by atoms with Crippen molar-refractivity contribution in [3.05, 3.63) is 82.2 Å². The molecule has 0 aliphatic heterocycles.